The zero-order valence-corrected chi connectivity index (χ0v) is 24.8. The molecule has 0 aromatic heterocycles. The number of nitrogens with zero attached hydrogens (tertiary/aromatic N) is 2. The molecule has 1 saturated carbocycles. The average molecular weight is 600 g/mol. The number of amides is 2. The molecule has 3 aromatic rings. The summed E-state index contributed by atoms with van der Waals surface area (Å²) < 4.78 is 42.5. The van der Waals surface area contributed by atoms with E-state index in [-0.39, 0.29) is 23.4 Å². The number of nitrogens with one attached hydrogen (secondary N) is 1. The molecule has 1 fully saturated rings. The Labute approximate surface area is 246 Å². The fourth-order valence-electron chi connectivity index (χ4n) is 5.12. The van der Waals surface area contributed by atoms with Crippen molar-refractivity contribution in [1.29, 1.82) is 0 Å². The molecule has 0 radical (unpaired) electrons. The van der Waals surface area contributed by atoms with Gasteiger partial charge in [0.15, 0.2) is 0 Å². The first-order chi connectivity index (χ1) is 19.6. The van der Waals surface area contributed by atoms with Gasteiger partial charge in [-0.15, -0.1) is 0 Å². The molecule has 218 valence electrons. The molecule has 0 saturated heterocycles. The molecule has 7 nitrogen and oxygen atoms in total. The van der Waals surface area contributed by atoms with Gasteiger partial charge in [0.25, 0.3) is 10.0 Å². The van der Waals surface area contributed by atoms with Crippen LogP contribution in [0.4, 0.5) is 10.1 Å². The number of anilines is 1. The normalized spacial score (nSPS) is 14.4. The van der Waals surface area contributed by atoms with Gasteiger partial charge < -0.3 is 10.2 Å². The maximum atomic E-state index is 14.1. The highest BCUT2D eigenvalue weighted by Crippen LogP contribution is 2.27. The maximum Gasteiger partial charge on any atom is 0.264 e. The minimum Gasteiger partial charge on any atom is -0.352 e. The van der Waals surface area contributed by atoms with Crippen LogP contribution in [0.1, 0.15) is 50.2 Å². The standard InChI is InChI=1S/C31H35ClFN3O4S/c1-3-29(31(38)34-26-8-4-5-9-26)35(20-23-11-15-25(33)16-12-23)30(37)21-36(27-10-6-7-22(2)19-27)41(39,40)28-17-13-24(32)14-18-28/h6-7,10-19,26,29H,3-5,8-9,20-21H2,1-2H3,(H,34,38)/t29-/m0/s1. The highest BCUT2D eigenvalue weighted by atomic mass is 35.5. The van der Waals surface area contributed by atoms with Crippen LogP contribution >= 0.6 is 11.6 Å². The van der Waals surface area contributed by atoms with Crippen LogP contribution in [0.3, 0.4) is 0 Å². The summed E-state index contributed by atoms with van der Waals surface area (Å²) in [7, 11) is -4.19. The lowest BCUT2D eigenvalue weighted by Gasteiger charge is -2.34. The monoisotopic (exact) mass is 599 g/mol. The Bertz CT molecular complexity index is 1460. The first-order valence-corrected chi connectivity index (χ1v) is 15.6. The van der Waals surface area contributed by atoms with E-state index in [9.17, 15) is 22.4 Å². The molecule has 4 rings (SSSR count). The molecule has 1 aliphatic carbocycles. The second-order valence-electron chi connectivity index (χ2n) is 10.4. The summed E-state index contributed by atoms with van der Waals surface area (Å²) in [6.45, 7) is 3.12. The van der Waals surface area contributed by atoms with Crippen molar-refractivity contribution < 1.29 is 22.4 Å². The molecule has 1 atom stereocenters. The molecule has 0 spiro atoms. The van der Waals surface area contributed by atoms with Crippen molar-refractivity contribution in [2.45, 2.75) is 69.5 Å². The van der Waals surface area contributed by atoms with Crippen LogP contribution in [-0.4, -0.2) is 43.8 Å². The summed E-state index contributed by atoms with van der Waals surface area (Å²) >= 11 is 6.00. The number of hydrogen-bond acceptors (Lipinski definition) is 4. The molecule has 0 bridgehead atoms. The molecule has 0 unspecified atom stereocenters. The number of benzene rings is 3. The average Bonchev–Trinajstić information content (AvgIpc) is 3.45. The van der Waals surface area contributed by atoms with Gasteiger partial charge in [-0.05, 0) is 85.8 Å². The second-order valence-corrected chi connectivity index (χ2v) is 12.7. The van der Waals surface area contributed by atoms with Crippen molar-refractivity contribution in [3.05, 3.63) is 94.8 Å². The Morgan fingerprint density at radius 3 is 2.29 bits per heavy atom. The van der Waals surface area contributed by atoms with E-state index >= 15 is 0 Å². The number of carbonyl (C=O) groups excluding carboxylic acids is 2. The van der Waals surface area contributed by atoms with Crippen molar-refractivity contribution in [3.63, 3.8) is 0 Å². The number of carbonyl (C=O) groups is 2. The predicted octanol–water partition coefficient (Wildman–Crippen LogP) is 5.85. The van der Waals surface area contributed by atoms with Crippen molar-refractivity contribution >= 4 is 39.1 Å². The SMILES string of the molecule is CC[C@@H](C(=O)NC1CCCC1)N(Cc1ccc(F)cc1)C(=O)CN(c1cccc(C)c1)S(=O)(=O)c1ccc(Cl)cc1. The van der Waals surface area contributed by atoms with E-state index in [1.165, 1.54) is 41.3 Å². The lowest BCUT2D eigenvalue weighted by molar-refractivity contribution is -0.140. The van der Waals surface area contributed by atoms with Crippen LogP contribution in [0.2, 0.25) is 5.02 Å². The summed E-state index contributed by atoms with van der Waals surface area (Å²) in [4.78, 5) is 28.9. The molecule has 10 heteroatoms. The molecule has 3 aromatic carbocycles. The van der Waals surface area contributed by atoms with Crippen LogP contribution in [0, 0.1) is 12.7 Å². The van der Waals surface area contributed by atoms with Crippen LogP contribution < -0.4 is 9.62 Å². The van der Waals surface area contributed by atoms with E-state index in [1.54, 1.807) is 30.3 Å². The summed E-state index contributed by atoms with van der Waals surface area (Å²) in [6, 6.07) is 17.5. The third-order valence-corrected chi connectivity index (χ3v) is 9.36. The first-order valence-electron chi connectivity index (χ1n) is 13.8. The van der Waals surface area contributed by atoms with E-state index < -0.39 is 34.3 Å². The Balaban J connectivity index is 1.71. The molecule has 1 aliphatic rings. The number of sulfonamides is 1. The van der Waals surface area contributed by atoms with Gasteiger partial charge in [0, 0.05) is 17.6 Å². The number of halogens is 2. The number of hydrogen-bond donors (Lipinski definition) is 1. The maximum absolute atomic E-state index is 14.1. The largest absolute Gasteiger partial charge is 0.352 e. The highest BCUT2D eigenvalue weighted by molar-refractivity contribution is 7.92. The number of rotatable bonds is 11. The van der Waals surface area contributed by atoms with Gasteiger partial charge in [0.2, 0.25) is 11.8 Å². The third kappa shape index (κ3) is 7.65. The zero-order valence-electron chi connectivity index (χ0n) is 23.2. The molecule has 0 aliphatic heterocycles. The number of aryl methyl sites for hydroxylation is 1. The predicted molar refractivity (Wildman–Crippen MR) is 159 cm³/mol. The lowest BCUT2D eigenvalue weighted by atomic mass is 10.1. The van der Waals surface area contributed by atoms with Gasteiger partial charge in [0.05, 0.1) is 10.6 Å². The minimum absolute atomic E-state index is 0.0123. The summed E-state index contributed by atoms with van der Waals surface area (Å²) in [5, 5.41) is 3.46. The highest BCUT2D eigenvalue weighted by Gasteiger charge is 2.34. The third-order valence-electron chi connectivity index (χ3n) is 7.32. The second kappa shape index (κ2) is 13.5. The summed E-state index contributed by atoms with van der Waals surface area (Å²) in [5.41, 5.74) is 1.75. The van der Waals surface area contributed by atoms with Crippen molar-refractivity contribution in [3.8, 4) is 0 Å². The van der Waals surface area contributed by atoms with Crippen molar-refractivity contribution in [1.82, 2.24) is 10.2 Å². The molecule has 41 heavy (non-hydrogen) atoms. The smallest absolute Gasteiger partial charge is 0.264 e. The van der Waals surface area contributed by atoms with Gasteiger partial charge in [-0.25, -0.2) is 12.8 Å². The van der Waals surface area contributed by atoms with Crippen molar-refractivity contribution in [2.24, 2.45) is 0 Å². The van der Waals surface area contributed by atoms with Crippen LogP contribution in [0.5, 0.6) is 0 Å². The summed E-state index contributed by atoms with van der Waals surface area (Å²) in [6.07, 6.45) is 4.16. The van der Waals surface area contributed by atoms with E-state index in [4.69, 9.17) is 11.6 Å². The zero-order chi connectivity index (χ0) is 29.6. The molecule has 1 N–H and O–H groups in total. The van der Waals surface area contributed by atoms with E-state index in [0.717, 1.165) is 35.6 Å². The van der Waals surface area contributed by atoms with Gasteiger partial charge in [0.1, 0.15) is 18.4 Å². The van der Waals surface area contributed by atoms with Crippen molar-refractivity contribution in [2.75, 3.05) is 10.8 Å². The van der Waals surface area contributed by atoms with E-state index in [0.29, 0.717) is 22.7 Å². The van der Waals surface area contributed by atoms with Gasteiger partial charge >= 0.3 is 0 Å². The quantitative estimate of drug-likeness (QED) is 0.300. The first kappa shape index (κ1) is 30.5. The van der Waals surface area contributed by atoms with Gasteiger partial charge in [-0.1, -0.05) is 55.6 Å². The topological polar surface area (TPSA) is 86.8 Å². The Hall–Kier alpha value is -3.43. The van der Waals surface area contributed by atoms with Crippen LogP contribution in [0.25, 0.3) is 0 Å². The molecular formula is C31H35ClFN3O4S. The fraction of sp³-hybridized carbons (Fsp3) is 0.355. The lowest BCUT2D eigenvalue weighted by Crippen LogP contribution is -2.53. The molecule has 0 heterocycles. The van der Waals surface area contributed by atoms with Gasteiger partial charge in [-0.3, -0.25) is 13.9 Å². The van der Waals surface area contributed by atoms with Crippen LogP contribution in [0.15, 0.2) is 77.7 Å². The van der Waals surface area contributed by atoms with E-state index in [1.807, 2.05) is 19.9 Å². The molecular weight excluding hydrogens is 565 g/mol. The fourth-order valence-corrected chi connectivity index (χ4v) is 6.65. The molecule has 2 amide bonds. The Morgan fingerprint density at radius 2 is 1.68 bits per heavy atom. The summed E-state index contributed by atoms with van der Waals surface area (Å²) in [5.74, 6) is -1.25. The van der Waals surface area contributed by atoms with Gasteiger partial charge in [-0.2, -0.15) is 0 Å². The van der Waals surface area contributed by atoms with Crippen LogP contribution in [-0.2, 0) is 26.2 Å². The minimum atomic E-state index is -4.19. The Kier molecular flexibility index (Phi) is 10.0. The van der Waals surface area contributed by atoms with E-state index in [2.05, 4.69) is 5.32 Å². The Morgan fingerprint density at radius 1 is 1.02 bits per heavy atom.